The standard InChI is InChI=1S/C15H19F5O6/c1-8(2)10(22)24-6-11(4)7-25-14(23,15(18,19)20)13(16,17)12(11,5)26-9(3)21/h23H,1,6-7H2,2-5H3. The zero-order valence-electron chi connectivity index (χ0n) is 14.5. The molecule has 3 atom stereocenters. The van der Waals surface area contributed by atoms with E-state index in [4.69, 9.17) is 4.74 Å². The van der Waals surface area contributed by atoms with Gasteiger partial charge in [-0.25, -0.2) is 4.79 Å². The highest BCUT2D eigenvalue weighted by Crippen LogP contribution is 2.59. The van der Waals surface area contributed by atoms with Gasteiger partial charge in [-0.2, -0.15) is 22.0 Å². The lowest BCUT2D eigenvalue weighted by Gasteiger charge is -2.56. The molecule has 0 bridgehead atoms. The second kappa shape index (κ2) is 6.45. The molecule has 0 saturated carbocycles. The minimum absolute atomic E-state index is 0.0851. The Morgan fingerprint density at radius 1 is 1.23 bits per heavy atom. The SMILES string of the molecule is C=C(C)C(=O)OCC1(C)COC(O)(C(F)(F)F)C(F)(F)C1(C)OC(C)=O. The molecule has 0 spiro atoms. The molecule has 26 heavy (non-hydrogen) atoms. The second-order valence-corrected chi connectivity index (χ2v) is 6.55. The van der Waals surface area contributed by atoms with E-state index in [0.717, 1.165) is 6.92 Å². The van der Waals surface area contributed by atoms with Crippen molar-refractivity contribution in [3.8, 4) is 0 Å². The summed E-state index contributed by atoms with van der Waals surface area (Å²) in [7, 11) is 0. The quantitative estimate of drug-likeness (QED) is 0.451. The fourth-order valence-corrected chi connectivity index (χ4v) is 2.46. The van der Waals surface area contributed by atoms with Crippen LogP contribution in [-0.2, 0) is 23.8 Å². The molecule has 0 radical (unpaired) electrons. The maximum Gasteiger partial charge on any atom is 0.449 e. The summed E-state index contributed by atoms with van der Waals surface area (Å²) in [6.07, 6.45) is -5.90. The summed E-state index contributed by atoms with van der Waals surface area (Å²) in [5.74, 6) is -12.3. The van der Waals surface area contributed by atoms with Crippen molar-refractivity contribution < 1.29 is 50.9 Å². The van der Waals surface area contributed by atoms with E-state index in [-0.39, 0.29) is 5.57 Å². The highest BCUT2D eigenvalue weighted by molar-refractivity contribution is 5.86. The molecule has 0 aromatic heterocycles. The molecule has 1 fully saturated rings. The third-order valence-electron chi connectivity index (χ3n) is 4.38. The van der Waals surface area contributed by atoms with Gasteiger partial charge in [0.05, 0.1) is 12.0 Å². The molecule has 0 aliphatic carbocycles. The van der Waals surface area contributed by atoms with Crippen LogP contribution in [0.4, 0.5) is 22.0 Å². The van der Waals surface area contributed by atoms with Crippen LogP contribution in [0.5, 0.6) is 0 Å². The average Bonchev–Trinajstić information content (AvgIpc) is 2.46. The van der Waals surface area contributed by atoms with Crippen LogP contribution in [0.2, 0.25) is 0 Å². The number of hydrogen-bond donors (Lipinski definition) is 1. The van der Waals surface area contributed by atoms with E-state index in [1.807, 2.05) is 0 Å². The predicted molar refractivity (Wildman–Crippen MR) is 76.0 cm³/mol. The average molecular weight is 390 g/mol. The van der Waals surface area contributed by atoms with Crippen LogP contribution in [0.15, 0.2) is 12.2 Å². The van der Waals surface area contributed by atoms with E-state index in [0.29, 0.717) is 13.8 Å². The van der Waals surface area contributed by atoms with Gasteiger partial charge < -0.3 is 19.3 Å². The maximum atomic E-state index is 14.8. The molecule has 0 aromatic carbocycles. The second-order valence-electron chi connectivity index (χ2n) is 6.55. The van der Waals surface area contributed by atoms with E-state index in [2.05, 4.69) is 16.1 Å². The van der Waals surface area contributed by atoms with Crippen LogP contribution >= 0.6 is 0 Å². The van der Waals surface area contributed by atoms with Gasteiger partial charge in [-0.15, -0.1) is 0 Å². The minimum atomic E-state index is -5.90. The molecule has 1 aliphatic rings. The molecule has 1 heterocycles. The third kappa shape index (κ3) is 3.18. The van der Waals surface area contributed by atoms with E-state index in [1.54, 1.807) is 0 Å². The van der Waals surface area contributed by atoms with Crippen LogP contribution in [0.25, 0.3) is 0 Å². The number of carbonyl (C=O) groups excluding carboxylic acids is 2. The lowest BCUT2D eigenvalue weighted by atomic mass is 9.67. The van der Waals surface area contributed by atoms with Gasteiger partial charge in [-0.05, 0) is 13.8 Å². The Labute approximate surface area is 145 Å². The summed E-state index contributed by atoms with van der Waals surface area (Å²) in [6.45, 7) is 4.73. The molecule has 3 unspecified atom stereocenters. The summed E-state index contributed by atoms with van der Waals surface area (Å²) in [6, 6.07) is 0. The van der Waals surface area contributed by atoms with Gasteiger partial charge in [0.1, 0.15) is 6.61 Å². The van der Waals surface area contributed by atoms with Gasteiger partial charge in [0.25, 0.3) is 0 Å². The predicted octanol–water partition coefficient (Wildman–Crippen LogP) is 2.35. The van der Waals surface area contributed by atoms with Crippen LogP contribution in [0.1, 0.15) is 27.7 Å². The fraction of sp³-hybridized carbons (Fsp3) is 0.733. The van der Waals surface area contributed by atoms with E-state index in [1.165, 1.54) is 6.92 Å². The highest BCUT2D eigenvalue weighted by Gasteiger charge is 2.84. The Morgan fingerprint density at radius 2 is 1.73 bits per heavy atom. The summed E-state index contributed by atoms with van der Waals surface area (Å²) in [5.41, 5.74) is -5.42. The summed E-state index contributed by atoms with van der Waals surface area (Å²) < 4.78 is 82.3. The lowest BCUT2D eigenvalue weighted by molar-refractivity contribution is -0.488. The van der Waals surface area contributed by atoms with Crippen LogP contribution in [0, 0.1) is 5.41 Å². The van der Waals surface area contributed by atoms with E-state index >= 15 is 0 Å². The Kier molecular flexibility index (Phi) is 5.53. The van der Waals surface area contributed by atoms with Crippen molar-refractivity contribution in [1.82, 2.24) is 0 Å². The van der Waals surface area contributed by atoms with Gasteiger partial charge >= 0.3 is 29.8 Å². The van der Waals surface area contributed by atoms with Crippen LogP contribution < -0.4 is 0 Å². The van der Waals surface area contributed by atoms with Crippen LogP contribution in [-0.4, -0.2) is 53.7 Å². The number of esters is 2. The molecule has 6 nitrogen and oxygen atoms in total. The van der Waals surface area contributed by atoms with E-state index in [9.17, 15) is 36.6 Å². The largest absolute Gasteiger partial charge is 0.462 e. The molecular formula is C15H19F5O6. The summed E-state index contributed by atoms with van der Waals surface area (Å²) >= 11 is 0. The minimum Gasteiger partial charge on any atom is -0.462 e. The van der Waals surface area contributed by atoms with Gasteiger partial charge in [0, 0.05) is 12.5 Å². The van der Waals surface area contributed by atoms with Crippen LogP contribution in [0.3, 0.4) is 0 Å². The smallest absolute Gasteiger partial charge is 0.449 e. The number of rotatable bonds is 4. The molecule has 1 saturated heterocycles. The fourth-order valence-electron chi connectivity index (χ4n) is 2.46. The van der Waals surface area contributed by atoms with Crippen molar-refractivity contribution in [2.24, 2.45) is 5.41 Å². The van der Waals surface area contributed by atoms with Crippen molar-refractivity contribution in [2.45, 2.75) is 51.2 Å². The van der Waals surface area contributed by atoms with Crippen molar-refractivity contribution in [1.29, 1.82) is 0 Å². The Balaban J connectivity index is 3.44. The molecular weight excluding hydrogens is 371 g/mol. The van der Waals surface area contributed by atoms with Crippen molar-refractivity contribution >= 4 is 11.9 Å². The number of alkyl halides is 5. The maximum absolute atomic E-state index is 14.8. The summed E-state index contributed by atoms with van der Waals surface area (Å²) in [4.78, 5) is 22.8. The Hall–Kier alpha value is -1.75. The third-order valence-corrected chi connectivity index (χ3v) is 4.38. The topological polar surface area (TPSA) is 82.1 Å². The molecule has 11 heteroatoms. The zero-order valence-corrected chi connectivity index (χ0v) is 14.5. The van der Waals surface area contributed by atoms with Gasteiger partial charge in [0.15, 0.2) is 5.60 Å². The van der Waals surface area contributed by atoms with E-state index < -0.39 is 54.1 Å². The number of ether oxygens (including phenoxy) is 3. The first-order chi connectivity index (χ1) is 11.5. The lowest BCUT2D eigenvalue weighted by Crippen LogP contribution is -2.79. The molecule has 1 rings (SSSR count). The molecule has 150 valence electrons. The van der Waals surface area contributed by atoms with Gasteiger partial charge in [-0.1, -0.05) is 13.5 Å². The Bertz CT molecular complexity index is 618. The number of hydrogen-bond acceptors (Lipinski definition) is 6. The first-order valence-electron chi connectivity index (χ1n) is 7.28. The molecule has 1 aliphatic heterocycles. The van der Waals surface area contributed by atoms with Crippen molar-refractivity contribution in [3.63, 3.8) is 0 Å². The van der Waals surface area contributed by atoms with Gasteiger partial charge in [-0.3, -0.25) is 4.79 Å². The zero-order chi connectivity index (χ0) is 20.8. The summed E-state index contributed by atoms with van der Waals surface area (Å²) in [5, 5.41) is 9.57. The highest BCUT2D eigenvalue weighted by atomic mass is 19.4. The number of aliphatic hydroxyl groups is 1. The Morgan fingerprint density at radius 3 is 2.12 bits per heavy atom. The van der Waals surface area contributed by atoms with Gasteiger partial charge in [0.2, 0.25) is 0 Å². The molecule has 1 N–H and O–H groups in total. The van der Waals surface area contributed by atoms with Crippen molar-refractivity contribution in [3.05, 3.63) is 12.2 Å². The monoisotopic (exact) mass is 390 g/mol. The molecule has 0 aromatic rings. The normalized spacial score (nSPS) is 34.1. The number of carbonyl (C=O) groups is 2. The first kappa shape index (κ1) is 22.3. The van der Waals surface area contributed by atoms with Crippen molar-refractivity contribution in [2.75, 3.05) is 13.2 Å². The number of halogens is 5. The molecule has 0 amide bonds. The first-order valence-corrected chi connectivity index (χ1v) is 7.28.